The SMILES string of the molecule is CCOc1cc(/C=C(\C#N)C(=O)Nc2sccc2C(=O)OC(C)C)ccc1O. The van der Waals surface area contributed by atoms with Crippen molar-refractivity contribution in [3.8, 4) is 17.6 Å². The number of nitrogens with one attached hydrogen (secondary N) is 1. The number of ether oxygens (including phenoxy) is 2. The third-order valence-corrected chi connectivity index (χ3v) is 4.24. The summed E-state index contributed by atoms with van der Waals surface area (Å²) in [6.07, 6.45) is 1.08. The van der Waals surface area contributed by atoms with Crippen molar-refractivity contribution in [3.05, 3.63) is 46.3 Å². The van der Waals surface area contributed by atoms with E-state index in [0.29, 0.717) is 17.2 Å². The lowest BCUT2D eigenvalue weighted by Crippen LogP contribution is -2.17. The molecule has 0 fully saturated rings. The van der Waals surface area contributed by atoms with E-state index in [9.17, 15) is 20.0 Å². The Morgan fingerprint density at radius 2 is 2.11 bits per heavy atom. The third-order valence-electron chi connectivity index (χ3n) is 3.41. The minimum atomic E-state index is -0.658. The molecule has 0 saturated heterocycles. The number of hydrogen-bond donors (Lipinski definition) is 2. The molecule has 0 aliphatic carbocycles. The van der Waals surface area contributed by atoms with Crippen LogP contribution >= 0.6 is 11.3 Å². The van der Waals surface area contributed by atoms with E-state index in [-0.39, 0.29) is 28.7 Å². The molecular formula is C20H20N2O5S. The number of esters is 1. The van der Waals surface area contributed by atoms with Crippen LogP contribution in [0, 0.1) is 11.3 Å². The van der Waals surface area contributed by atoms with E-state index in [0.717, 1.165) is 11.3 Å². The molecule has 1 aromatic carbocycles. The highest BCUT2D eigenvalue weighted by Crippen LogP contribution is 2.28. The van der Waals surface area contributed by atoms with Gasteiger partial charge in [0.25, 0.3) is 5.91 Å². The molecule has 0 aliphatic rings. The zero-order valence-electron chi connectivity index (χ0n) is 15.7. The summed E-state index contributed by atoms with van der Waals surface area (Å²) in [5.74, 6) is -0.983. The van der Waals surface area contributed by atoms with Gasteiger partial charge in [-0.25, -0.2) is 4.79 Å². The number of nitriles is 1. The molecule has 1 heterocycles. The summed E-state index contributed by atoms with van der Waals surface area (Å²) in [4.78, 5) is 24.6. The summed E-state index contributed by atoms with van der Waals surface area (Å²) < 4.78 is 10.4. The number of thiophene rings is 1. The Morgan fingerprint density at radius 3 is 2.75 bits per heavy atom. The number of hydrogen-bond acceptors (Lipinski definition) is 7. The molecule has 2 aromatic rings. The lowest BCUT2D eigenvalue weighted by Gasteiger charge is -2.09. The average molecular weight is 400 g/mol. The van der Waals surface area contributed by atoms with Crippen LogP contribution in [-0.4, -0.2) is 29.7 Å². The molecule has 0 spiro atoms. The molecule has 1 amide bonds. The Balaban J connectivity index is 2.23. The van der Waals surface area contributed by atoms with Crippen LogP contribution in [0.4, 0.5) is 5.00 Å². The van der Waals surface area contributed by atoms with Gasteiger partial charge >= 0.3 is 5.97 Å². The first-order chi connectivity index (χ1) is 13.3. The maximum atomic E-state index is 12.5. The van der Waals surface area contributed by atoms with E-state index >= 15 is 0 Å². The van der Waals surface area contributed by atoms with Crippen molar-refractivity contribution < 1.29 is 24.2 Å². The van der Waals surface area contributed by atoms with Crippen LogP contribution < -0.4 is 10.1 Å². The molecule has 0 saturated carbocycles. The van der Waals surface area contributed by atoms with E-state index < -0.39 is 11.9 Å². The van der Waals surface area contributed by atoms with E-state index in [2.05, 4.69) is 5.32 Å². The lowest BCUT2D eigenvalue weighted by molar-refractivity contribution is -0.112. The lowest BCUT2D eigenvalue weighted by atomic mass is 10.1. The first-order valence-corrected chi connectivity index (χ1v) is 9.41. The molecule has 0 aliphatic heterocycles. The van der Waals surface area contributed by atoms with Crippen molar-refractivity contribution in [2.45, 2.75) is 26.9 Å². The van der Waals surface area contributed by atoms with Gasteiger partial charge in [-0.15, -0.1) is 11.3 Å². The fourth-order valence-corrected chi connectivity index (χ4v) is 2.99. The number of benzene rings is 1. The topological polar surface area (TPSA) is 109 Å². The van der Waals surface area contributed by atoms with Crippen molar-refractivity contribution in [1.82, 2.24) is 0 Å². The molecule has 0 unspecified atom stereocenters. The van der Waals surface area contributed by atoms with E-state index in [4.69, 9.17) is 9.47 Å². The van der Waals surface area contributed by atoms with Gasteiger partial charge in [0.15, 0.2) is 11.5 Å². The monoisotopic (exact) mass is 400 g/mol. The highest BCUT2D eigenvalue weighted by molar-refractivity contribution is 7.14. The Labute approximate surface area is 166 Å². The summed E-state index contributed by atoms with van der Waals surface area (Å²) in [5.41, 5.74) is 0.580. The van der Waals surface area contributed by atoms with Crippen LogP contribution in [0.2, 0.25) is 0 Å². The summed E-state index contributed by atoms with van der Waals surface area (Å²) in [5, 5.41) is 23.6. The van der Waals surface area contributed by atoms with Gasteiger partial charge in [0.2, 0.25) is 0 Å². The zero-order chi connectivity index (χ0) is 20.7. The van der Waals surface area contributed by atoms with E-state index in [1.807, 2.05) is 6.07 Å². The number of carbonyl (C=O) groups excluding carboxylic acids is 2. The number of phenolic OH excluding ortho intramolecular Hbond substituents is 1. The molecule has 1 aromatic heterocycles. The number of carbonyl (C=O) groups is 2. The highest BCUT2D eigenvalue weighted by Gasteiger charge is 2.19. The molecule has 2 N–H and O–H groups in total. The fourth-order valence-electron chi connectivity index (χ4n) is 2.22. The van der Waals surface area contributed by atoms with Crippen LogP contribution in [0.25, 0.3) is 6.08 Å². The van der Waals surface area contributed by atoms with Crippen molar-refractivity contribution >= 4 is 34.3 Å². The van der Waals surface area contributed by atoms with Gasteiger partial charge in [-0.05, 0) is 56.0 Å². The summed E-state index contributed by atoms with van der Waals surface area (Å²) >= 11 is 1.16. The first-order valence-electron chi connectivity index (χ1n) is 8.53. The molecule has 2 rings (SSSR count). The highest BCUT2D eigenvalue weighted by atomic mass is 32.1. The van der Waals surface area contributed by atoms with Crippen LogP contribution in [0.15, 0.2) is 35.2 Å². The number of phenols is 1. The number of anilines is 1. The number of nitrogens with zero attached hydrogens (tertiary/aromatic N) is 1. The number of rotatable bonds is 7. The molecular weight excluding hydrogens is 380 g/mol. The fraction of sp³-hybridized carbons (Fsp3) is 0.250. The van der Waals surface area contributed by atoms with Crippen molar-refractivity contribution in [1.29, 1.82) is 5.26 Å². The van der Waals surface area contributed by atoms with Crippen LogP contribution in [-0.2, 0) is 9.53 Å². The Bertz CT molecular complexity index is 940. The predicted octanol–water partition coefficient (Wildman–Crippen LogP) is 3.96. The second-order valence-corrected chi connectivity index (χ2v) is 6.82. The third kappa shape index (κ3) is 5.34. The molecule has 7 nitrogen and oxygen atoms in total. The van der Waals surface area contributed by atoms with Crippen LogP contribution in [0.5, 0.6) is 11.5 Å². The normalized spacial score (nSPS) is 11.0. The standard InChI is InChI=1S/C20H20N2O5S/c1-4-26-17-10-13(5-6-16(17)23)9-14(11-21)18(24)22-19-15(7-8-28-19)20(25)27-12(2)3/h5-10,12,23H,4H2,1-3H3,(H,22,24)/b14-9+. The largest absolute Gasteiger partial charge is 0.504 e. The maximum Gasteiger partial charge on any atom is 0.341 e. The second kappa shape index (κ2) is 9.58. The van der Waals surface area contributed by atoms with Gasteiger partial charge in [0, 0.05) is 0 Å². The van der Waals surface area contributed by atoms with Gasteiger partial charge in [0.1, 0.15) is 16.6 Å². The Morgan fingerprint density at radius 1 is 1.36 bits per heavy atom. The molecule has 0 atom stereocenters. The van der Waals surface area contributed by atoms with Crippen molar-refractivity contribution in [3.63, 3.8) is 0 Å². The Kier molecular flexibility index (Phi) is 7.18. The van der Waals surface area contributed by atoms with Crippen LogP contribution in [0.1, 0.15) is 36.7 Å². The number of amides is 1. The predicted molar refractivity (Wildman–Crippen MR) is 106 cm³/mol. The minimum absolute atomic E-state index is 0.0335. The summed E-state index contributed by atoms with van der Waals surface area (Å²) in [7, 11) is 0. The van der Waals surface area contributed by atoms with Gasteiger partial charge in [-0.1, -0.05) is 6.07 Å². The molecule has 0 bridgehead atoms. The van der Waals surface area contributed by atoms with Crippen molar-refractivity contribution in [2.24, 2.45) is 0 Å². The maximum absolute atomic E-state index is 12.5. The van der Waals surface area contributed by atoms with Crippen LogP contribution in [0.3, 0.4) is 0 Å². The summed E-state index contributed by atoms with van der Waals surface area (Å²) in [6, 6.07) is 7.90. The quantitative estimate of drug-likeness (QED) is 0.414. The van der Waals surface area contributed by atoms with Gasteiger partial charge in [0.05, 0.1) is 18.3 Å². The van der Waals surface area contributed by atoms with Gasteiger partial charge in [-0.3, -0.25) is 4.79 Å². The average Bonchev–Trinajstić information content (AvgIpc) is 3.10. The Hall–Kier alpha value is -3.31. The van der Waals surface area contributed by atoms with E-state index in [1.54, 1.807) is 38.3 Å². The molecule has 28 heavy (non-hydrogen) atoms. The molecule has 0 radical (unpaired) electrons. The summed E-state index contributed by atoms with van der Waals surface area (Å²) in [6.45, 7) is 5.60. The smallest absolute Gasteiger partial charge is 0.341 e. The second-order valence-electron chi connectivity index (χ2n) is 5.90. The molecule has 8 heteroatoms. The van der Waals surface area contributed by atoms with Gasteiger partial charge in [-0.2, -0.15) is 5.26 Å². The van der Waals surface area contributed by atoms with Gasteiger partial charge < -0.3 is 19.9 Å². The molecule has 146 valence electrons. The number of aromatic hydroxyl groups is 1. The minimum Gasteiger partial charge on any atom is -0.504 e. The van der Waals surface area contributed by atoms with Crippen molar-refractivity contribution in [2.75, 3.05) is 11.9 Å². The zero-order valence-corrected chi connectivity index (χ0v) is 16.5. The van der Waals surface area contributed by atoms with E-state index in [1.165, 1.54) is 18.2 Å². The first kappa shape index (κ1) is 21.0.